The topological polar surface area (TPSA) is 54.2 Å². The van der Waals surface area contributed by atoms with Crippen LogP contribution in [-0.4, -0.2) is 40.9 Å². The van der Waals surface area contributed by atoms with Crippen LogP contribution in [0.2, 0.25) is 0 Å². The molecule has 0 amide bonds. The third kappa shape index (κ3) is 3.02. The van der Waals surface area contributed by atoms with E-state index in [1.807, 2.05) is 6.92 Å². The highest BCUT2D eigenvalue weighted by Crippen LogP contribution is 2.08. The minimum Gasteiger partial charge on any atom is -0.307 e. The maximum atomic E-state index is 4.66. The summed E-state index contributed by atoms with van der Waals surface area (Å²) in [7, 11) is 0. The predicted molar refractivity (Wildman–Crippen MR) is 61.0 cm³/mol. The molecular formula is C11H20N4O. The molecule has 90 valence electrons. The minimum absolute atomic E-state index is 0.481. The normalized spacial score (nSPS) is 19.1. The van der Waals surface area contributed by atoms with E-state index in [9.17, 15) is 0 Å². The van der Waals surface area contributed by atoms with Gasteiger partial charge in [-0.25, -0.2) is 4.63 Å². The van der Waals surface area contributed by atoms with Crippen molar-refractivity contribution in [3.05, 3.63) is 11.4 Å². The molecule has 0 radical (unpaired) electrons. The van der Waals surface area contributed by atoms with Gasteiger partial charge in [-0.3, -0.25) is 0 Å². The fourth-order valence-corrected chi connectivity index (χ4v) is 2.10. The minimum atomic E-state index is 0.481. The summed E-state index contributed by atoms with van der Waals surface area (Å²) in [5, 5.41) is 11.1. The Bertz CT molecular complexity index is 320. The number of rotatable bonds is 5. The molecule has 1 aromatic heterocycles. The van der Waals surface area contributed by atoms with Crippen LogP contribution >= 0.6 is 0 Å². The first kappa shape index (κ1) is 11.5. The van der Waals surface area contributed by atoms with Gasteiger partial charge in [-0.2, -0.15) is 0 Å². The number of nitrogens with one attached hydrogen (secondary N) is 1. The number of likely N-dealkylation sites (tertiary alicyclic amines) is 1. The fraction of sp³-hybridized carbons (Fsp3) is 0.818. The lowest BCUT2D eigenvalue weighted by Gasteiger charge is -2.20. The Kier molecular flexibility index (Phi) is 3.90. The van der Waals surface area contributed by atoms with Crippen molar-refractivity contribution in [2.24, 2.45) is 0 Å². The van der Waals surface area contributed by atoms with Gasteiger partial charge in [0, 0.05) is 19.1 Å². The van der Waals surface area contributed by atoms with Crippen molar-refractivity contribution >= 4 is 0 Å². The molecule has 2 heterocycles. The average molecular weight is 224 g/mol. The second-order valence-corrected chi connectivity index (χ2v) is 4.59. The average Bonchev–Trinajstić information content (AvgIpc) is 2.87. The summed E-state index contributed by atoms with van der Waals surface area (Å²) in [5.74, 6) is 0. The molecule has 1 atom stereocenters. The van der Waals surface area contributed by atoms with Crippen molar-refractivity contribution in [1.82, 2.24) is 20.5 Å². The van der Waals surface area contributed by atoms with Gasteiger partial charge < -0.3 is 10.2 Å². The molecule has 1 aliphatic rings. The number of nitrogens with zero attached hydrogens (tertiary/aromatic N) is 3. The number of hydrogen-bond acceptors (Lipinski definition) is 5. The van der Waals surface area contributed by atoms with E-state index in [2.05, 4.69) is 32.1 Å². The van der Waals surface area contributed by atoms with E-state index < -0.39 is 0 Å². The van der Waals surface area contributed by atoms with Crippen LogP contribution in [0.3, 0.4) is 0 Å². The zero-order valence-electron chi connectivity index (χ0n) is 10.1. The molecule has 2 rings (SSSR count). The van der Waals surface area contributed by atoms with Crippen molar-refractivity contribution in [3.63, 3.8) is 0 Å². The van der Waals surface area contributed by atoms with Crippen LogP contribution in [0.5, 0.6) is 0 Å². The van der Waals surface area contributed by atoms with E-state index in [1.54, 1.807) is 0 Å². The van der Waals surface area contributed by atoms with Crippen LogP contribution in [-0.2, 0) is 6.54 Å². The monoisotopic (exact) mass is 224 g/mol. The van der Waals surface area contributed by atoms with Gasteiger partial charge in [-0.1, -0.05) is 10.3 Å². The smallest absolute Gasteiger partial charge is 0.121 e. The van der Waals surface area contributed by atoms with Crippen LogP contribution in [0, 0.1) is 6.92 Å². The summed E-state index contributed by atoms with van der Waals surface area (Å²) < 4.78 is 4.66. The van der Waals surface area contributed by atoms with Crippen molar-refractivity contribution in [3.8, 4) is 0 Å². The van der Waals surface area contributed by atoms with Gasteiger partial charge in [0.25, 0.3) is 0 Å². The van der Waals surface area contributed by atoms with E-state index in [0.717, 1.165) is 24.5 Å². The molecule has 0 spiro atoms. The Morgan fingerprint density at radius 1 is 1.38 bits per heavy atom. The quantitative estimate of drug-likeness (QED) is 0.807. The number of aryl methyl sites for hydroxylation is 1. The van der Waals surface area contributed by atoms with Crippen LogP contribution in [0.1, 0.15) is 31.2 Å². The highest BCUT2D eigenvalue weighted by molar-refractivity contribution is 5.04. The number of hydrogen-bond donors (Lipinski definition) is 1. The maximum absolute atomic E-state index is 4.66. The van der Waals surface area contributed by atoms with Gasteiger partial charge in [0.15, 0.2) is 0 Å². The Balaban J connectivity index is 1.71. The molecule has 0 aliphatic carbocycles. The van der Waals surface area contributed by atoms with Crippen LogP contribution in [0.4, 0.5) is 0 Å². The summed E-state index contributed by atoms with van der Waals surface area (Å²) in [6, 6.07) is 0.481. The molecule has 1 N–H and O–H groups in total. The Morgan fingerprint density at radius 3 is 2.75 bits per heavy atom. The molecule has 0 saturated carbocycles. The number of aromatic nitrogens is 2. The van der Waals surface area contributed by atoms with Crippen molar-refractivity contribution < 1.29 is 4.63 Å². The first-order chi connectivity index (χ1) is 7.75. The summed E-state index contributed by atoms with van der Waals surface area (Å²) in [5.41, 5.74) is 1.79. The summed E-state index contributed by atoms with van der Waals surface area (Å²) in [6.07, 6.45) is 2.69. The third-order valence-electron chi connectivity index (χ3n) is 3.10. The Hall–Kier alpha value is -0.940. The first-order valence-electron chi connectivity index (χ1n) is 5.99. The van der Waals surface area contributed by atoms with Crippen LogP contribution < -0.4 is 5.32 Å². The lowest BCUT2D eigenvalue weighted by atomic mass is 10.3. The molecule has 1 fully saturated rings. The van der Waals surface area contributed by atoms with Gasteiger partial charge in [0.05, 0.1) is 0 Å². The first-order valence-corrected chi connectivity index (χ1v) is 5.99. The Labute approximate surface area is 96.2 Å². The molecule has 1 saturated heterocycles. The largest absolute Gasteiger partial charge is 0.307 e. The van der Waals surface area contributed by atoms with Gasteiger partial charge in [-0.15, -0.1) is 0 Å². The van der Waals surface area contributed by atoms with Gasteiger partial charge in [0.1, 0.15) is 11.4 Å². The molecule has 16 heavy (non-hydrogen) atoms. The fourth-order valence-electron chi connectivity index (χ4n) is 2.10. The van der Waals surface area contributed by atoms with Crippen molar-refractivity contribution in [2.45, 2.75) is 39.3 Å². The molecule has 1 aromatic rings. The van der Waals surface area contributed by atoms with Crippen LogP contribution in [0.25, 0.3) is 0 Å². The standard InChI is InChI=1S/C11H20N4O/c1-9(8-15-5-3-4-6-15)12-7-11-10(2)13-16-14-11/h9,12H,3-8H2,1-2H3. The second kappa shape index (κ2) is 5.41. The second-order valence-electron chi connectivity index (χ2n) is 4.59. The molecule has 5 heteroatoms. The van der Waals surface area contributed by atoms with Crippen molar-refractivity contribution in [1.29, 1.82) is 0 Å². The highest BCUT2D eigenvalue weighted by atomic mass is 16.6. The lowest BCUT2D eigenvalue weighted by molar-refractivity contribution is 0.289. The summed E-state index contributed by atoms with van der Waals surface area (Å²) in [4.78, 5) is 2.51. The summed E-state index contributed by atoms with van der Waals surface area (Å²) in [6.45, 7) is 8.47. The molecule has 0 aromatic carbocycles. The summed E-state index contributed by atoms with van der Waals surface area (Å²) >= 11 is 0. The highest BCUT2D eigenvalue weighted by Gasteiger charge is 2.14. The molecular weight excluding hydrogens is 204 g/mol. The Morgan fingerprint density at radius 2 is 2.12 bits per heavy atom. The van der Waals surface area contributed by atoms with Gasteiger partial charge in [0.2, 0.25) is 0 Å². The molecule has 1 aliphatic heterocycles. The van der Waals surface area contributed by atoms with Gasteiger partial charge >= 0.3 is 0 Å². The maximum Gasteiger partial charge on any atom is 0.121 e. The predicted octanol–water partition coefficient (Wildman–Crippen LogP) is 0.952. The SMILES string of the molecule is Cc1nonc1CNC(C)CN1CCCC1. The van der Waals surface area contributed by atoms with Crippen LogP contribution in [0.15, 0.2) is 4.63 Å². The molecule has 5 nitrogen and oxygen atoms in total. The van der Waals surface area contributed by atoms with E-state index in [4.69, 9.17) is 0 Å². The molecule has 1 unspecified atom stereocenters. The van der Waals surface area contributed by atoms with E-state index in [-0.39, 0.29) is 0 Å². The zero-order chi connectivity index (χ0) is 11.4. The van der Waals surface area contributed by atoms with E-state index in [1.165, 1.54) is 25.9 Å². The third-order valence-corrected chi connectivity index (χ3v) is 3.10. The molecule has 0 bridgehead atoms. The van der Waals surface area contributed by atoms with E-state index in [0.29, 0.717) is 6.04 Å². The zero-order valence-corrected chi connectivity index (χ0v) is 10.1. The van der Waals surface area contributed by atoms with Crippen molar-refractivity contribution in [2.75, 3.05) is 19.6 Å². The van der Waals surface area contributed by atoms with E-state index >= 15 is 0 Å². The lowest BCUT2D eigenvalue weighted by Crippen LogP contribution is -2.37. The van der Waals surface area contributed by atoms with Gasteiger partial charge in [-0.05, 0) is 39.8 Å².